The van der Waals surface area contributed by atoms with E-state index in [-0.39, 0.29) is 6.61 Å². The number of rotatable bonds is 5. The summed E-state index contributed by atoms with van der Waals surface area (Å²) in [6.07, 6.45) is 1.97. The maximum Gasteiger partial charge on any atom is 0.0681 e. The van der Waals surface area contributed by atoms with Gasteiger partial charge in [-0.05, 0) is 28.8 Å². The van der Waals surface area contributed by atoms with Crippen molar-refractivity contribution in [2.75, 3.05) is 0 Å². The van der Waals surface area contributed by atoms with Crippen LogP contribution in [0.1, 0.15) is 16.7 Å². The van der Waals surface area contributed by atoms with Gasteiger partial charge in [-0.15, -0.1) is 0 Å². The number of aromatic nitrogens is 1. The van der Waals surface area contributed by atoms with Crippen LogP contribution in [0.2, 0.25) is 0 Å². The number of aromatic amines is 1. The van der Waals surface area contributed by atoms with Crippen molar-refractivity contribution in [3.05, 3.63) is 71.4 Å². The van der Waals surface area contributed by atoms with Crippen LogP contribution in [-0.2, 0) is 19.7 Å². The van der Waals surface area contributed by atoms with Crippen LogP contribution < -0.4 is 5.32 Å². The SMILES string of the molecule is OCc1ccc(CNCc2cccc3[nH]ccc23)cc1. The van der Waals surface area contributed by atoms with Crippen LogP contribution in [0.5, 0.6) is 0 Å². The van der Waals surface area contributed by atoms with E-state index in [0.717, 1.165) is 18.7 Å². The van der Waals surface area contributed by atoms with E-state index in [1.54, 1.807) is 0 Å². The van der Waals surface area contributed by atoms with Gasteiger partial charge in [0.05, 0.1) is 6.61 Å². The molecule has 0 aliphatic rings. The zero-order valence-electron chi connectivity index (χ0n) is 11.3. The first kappa shape index (κ1) is 12.9. The Hall–Kier alpha value is -2.10. The Labute approximate surface area is 118 Å². The Balaban J connectivity index is 1.63. The van der Waals surface area contributed by atoms with E-state index in [1.807, 2.05) is 18.3 Å². The highest BCUT2D eigenvalue weighted by Gasteiger charge is 2.01. The standard InChI is InChI=1S/C17H18N2O/c20-12-14-6-4-13(5-7-14)10-18-11-15-2-1-3-17-16(15)8-9-19-17/h1-9,18-20H,10-12H2. The number of nitrogens with one attached hydrogen (secondary N) is 2. The second-order valence-corrected chi connectivity index (χ2v) is 4.93. The molecule has 0 unspecified atom stereocenters. The Morgan fingerprint density at radius 1 is 0.900 bits per heavy atom. The van der Waals surface area contributed by atoms with Crippen molar-refractivity contribution in [3.8, 4) is 0 Å². The summed E-state index contributed by atoms with van der Waals surface area (Å²) in [5, 5.41) is 13.7. The number of aliphatic hydroxyl groups is 1. The molecule has 0 atom stereocenters. The Morgan fingerprint density at radius 3 is 2.50 bits per heavy atom. The average molecular weight is 266 g/mol. The monoisotopic (exact) mass is 266 g/mol. The molecular weight excluding hydrogens is 248 g/mol. The third kappa shape index (κ3) is 2.74. The van der Waals surface area contributed by atoms with Gasteiger partial charge in [0.25, 0.3) is 0 Å². The molecule has 0 saturated carbocycles. The maximum atomic E-state index is 9.01. The van der Waals surface area contributed by atoms with Gasteiger partial charge >= 0.3 is 0 Å². The molecule has 3 N–H and O–H groups in total. The Bertz CT molecular complexity index is 686. The number of hydrogen-bond acceptors (Lipinski definition) is 2. The summed E-state index contributed by atoms with van der Waals surface area (Å²) in [5.74, 6) is 0. The molecule has 0 saturated heterocycles. The molecule has 3 heteroatoms. The van der Waals surface area contributed by atoms with Gasteiger partial charge in [0.2, 0.25) is 0 Å². The van der Waals surface area contributed by atoms with Crippen molar-refractivity contribution >= 4 is 10.9 Å². The van der Waals surface area contributed by atoms with Crippen molar-refractivity contribution in [1.29, 1.82) is 0 Å². The minimum absolute atomic E-state index is 0.100. The lowest BCUT2D eigenvalue weighted by molar-refractivity contribution is 0.282. The summed E-state index contributed by atoms with van der Waals surface area (Å²) in [7, 11) is 0. The zero-order valence-corrected chi connectivity index (χ0v) is 11.3. The quantitative estimate of drug-likeness (QED) is 0.665. The molecule has 0 aliphatic heterocycles. The maximum absolute atomic E-state index is 9.01. The van der Waals surface area contributed by atoms with Gasteiger partial charge in [-0.3, -0.25) is 0 Å². The van der Waals surface area contributed by atoms with Gasteiger partial charge in [0.1, 0.15) is 0 Å². The lowest BCUT2D eigenvalue weighted by Crippen LogP contribution is -2.12. The van der Waals surface area contributed by atoms with E-state index in [0.29, 0.717) is 0 Å². The highest BCUT2D eigenvalue weighted by Crippen LogP contribution is 2.17. The van der Waals surface area contributed by atoms with Crippen molar-refractivity contribution < 1.29 is 5.11 Å². The summed E-state index contributed by atoms with van der Waals surface area (Å²) < 4.78 is 0. The summed E-state index contributed by atoms with van der Waals surface area (Å²) in [5.41, 5.74) is 4.65. The van der Waals surface area contributed by atoms with Crippen molar-refractivity contribution in [2.45, 2.75) is 19.7 Å². The molecule has 1 heterocycles. The average Bonchev–Trinajstić information content (AvgIpc) is 2.97. The predicted molar refractivity (Wildman–Crippen MR) is 81.2 cm³/mol. The highest BCUT2D eigenvalue weighted by molar-refractivity contribution is 5.82. The van der Waals surface area contributed by atoms with E-state index in [9.17, 15) is 0 Å². The zero-order chi connectivity index (χ0) is 13.8. The number of benzene rings is 2. The largest absolute Gasteiger partial charge is 0.392 e. The van der Waals surface area contributed by atoms with Crippen LogP contribution in [0.3, 0.4) is 0 Å². The summed E-state index contributed by atoms with van der Waals surface area (Å²) in [4.78, 5) is 3.23. The number of hydrogen-bond donors (Lipinski definition) is 3. The predicted octanol–water partition coefficient (Wildman–Crippen LogP) is 2.95. The highest BCUT2D eigenvalue weighted by atomic mass is 16.3. The number of fused-ring (bicyclic) bond motifs is 1. The summed E-state index contributed by atoms with van der Waals surface area (Å²) in [6.45, 7) is 1.77. The molecule has 0 bridgehead atoms. The molecule has 102 valence electrons. The van der Waals surface area contributed by atoms with Crippen molar-refractivity contribution in [2.24, 2.45) is 0 Å². The normalized spacial score (nSPS) is 11.1. The van der Waals surface area contributed by atoms with Crippen LogP contribution in [0.25, 0.3) is 10.9 Å². The van der Waals surface area contributed by atoms with Crippen LogP contribution in [0.4, 0.5) is 0 Å². The molecule has 2 aromatic carbocycles. The molecule has 0 spiro atoms. The fraction of sp³-hybridized carbons (Fsp3) is 0.176. The van der Waals surface area contributed by atoms with E-state index in [4.69, 9.17) is 5.11 Å². The van der Waals surface area contributed by atoms with Crippen molar-refractivity contribution in [1.82, 2.24) is 10.3 Å². The second kappa shape index (κ2) is 5.90. The Morgan fingerprint density at radius 2 is 1.70 bits per heavy atom. The van der Waals surface area contributed by atoms with Crippen LogP contribution in [-0.4, -0.2) is 10.1 Å². The first-order chi connectivity index (χ1) is 9.86. The van der Waals surface area contributed by atoms with E-state index in [1.165, 1.54) is 22.0 Å². The fourth-order valence-electron chi connectivity index (χ4n) is 2.41. The fourth-order valence-corrected chi connectivity index (χ4v) is 2.41. The molecule has 0 radical (unpaired) electrons. The third-order valence-electron chi connectivity index (χ3n) is 3.54. The minimum Gasteiger partial charge on any atom is -0.392 e. The molecule has 3 rings (SSSR count). The minimum atomic E-state index is 0.100. The molecule has 3 nitrogen and oxygen atoms in total. The van der Waals surface area contributed by atoms with Crippen molar-refractivity contribution in [3.63, 3.8) is 0 Å². The van der Waals surface area contributed by atoms with Crippen LogP contribution in [0.15, 0.2) is 54.7 Å². The lowest BCUT2D eigenvalue weighted by atomic mass is 10.1. The van der Waals surface area contributed by atoms with E-state index >= 15 is 0 Å². The van der Waals surface area contributed by atoms with Crippen LogP contribution >= 0.6 is 0 Å². The van der Waals surface area contributed by atoms with E-state index < -0.39 is 0 Å². The summed E-state index contributed by atoms with van der Waals surface area (Å²) >= 11 is 0. The Kier molecular flexibility index (Phi) is 3.81. The van der Waals surface area contributed by atoms with Gasteiger partial charge in [0, 0.05) is 30.2 Å². The first-order valence-electron chi connectivity index (χ1n) is 6.81. The number of aliphatic hydroxyl groups excluding tert-OH is 1. The molecule has 0 amide bonds. The number of H-pyrrole nitrogens is 1. The first-order valence-corrected chi connectivity index (χ1v) is 6.81. The molecule has 20 heavy (non-hydrogen) atoms. The van der Waals surface area contributed by atoms with Gasteiger partial charge in [0.15, 0.2) is 0 Å². The second-order valence-electron chi connectivity index (χ2n) is 4.93. The molecule has 0 aliphatic carbocycles. The van der Waals surface area contributed by atoms with E-state index in [2.05, 4.69) is 46.7 Å². The van der Waals surface area contributed by atoms with Gasteiger partial charge in [-0.2, -0.15) is 0 Å². The lowest BCUT2D eigenvalue weighted by Gasteiger charge is -2.07. The molecule has 1 aromatic heterocycles. The van der Waals surface area contributed by atoms with Gasteiger partial charge < -0.3 is 15.4 Å². The molecular formula is C17H18N2O. The van der Waals surface area contributed by atoms with Gasteiger partial charge in [-0.25, -0.2) is 0 Å². The molecule has 0 fully saturated rings. The van der Waals surface area contributed by atoms with Crippen LogP contribution in [0, 0.1) is 0 Å². The van der Waals surface area contributed by atoms with Gasteiger partial charge in [-0.1, -0.05) is 36.4 Å². The smallest absolute Gasteiger partial charge is 0.0681 e. The summed E-state index contributed by atoms with van der Waals surface area (Å²) in [6, 6.07) is 16.5. The topological polar surface area (TPSA) is 48.0 Å². The third-order valence-corrected chi connectivity index (χ3v) is 3.54. The molecule has 3 aromatic rings.